The largest absolute Gasteiger partial charge is 0.490 e. The Labute approximate surface area is 267 Å². The third kappa shape index (κ3) is 11.8. The lowest BCUT2D eigenvalue weighted by molar-refractivity contribution is -0.192. The van der Waals surface area contributed by atoms with Crippen LogP contribution in [0.2, 0.25) is 5.02 Å². The van der Waals surface area contributed by atoms with Gasteiger partial charge in [0, 0.05) is 30.2 Å². The van der Waals surface area contributed by atoms with Crippen molar-refractivity contribution in [2.24, 2.45) is 5.73 Å². The van der Waals surface area contributed by atoms with E-state index < -0.39 is 30.0 Å². The van der Waals surface area contributed by atoms with Crippen molar-refractivity contribution in [3.63, 3.8) is 0 Å². The van der Waals surface area contributed by atoms with Crippen LogP contribution in [-0.2, 0) is 9.59 Å². The third-order valence-electron chi connectivity index (χ3n) is 5.72. The van der Waals surface area contributed by atoms with Crippen molar-refractivity contribution in [3.05, 3.63) is 82.6 Å². The van der Waals surface area contributed by atoms with E-state index in [-0.39, 0.29) is 16.4 Å². The van der Waals surface area contributed by atoms with Gasteiger partial charge in [0.1, 0.15) is 18.5 Å². The molecule has 7 N–H and O–H groups in total. The summed E-state index contributed by atoms with van der Waals surface area (Å²) in [6.45, 7) is 3.43. The SMILES string of the molecule is CCOc1cc(C(Nc2ccc(C(=N)N)cc2)C(=O)NNC(=O)c2ccncc2Cl)ccc1OCCN(C)C.O=C(O)C(F)(F)F. The van der Waals surface area contributed by atoms with Gasteiger partial charge < -0.3 is 30.5 Å². The van der Waals surface area contributed by atoms with Crippen LogP contribution in [0.3, 0.4) is 0 Å². The number of carbonyl (C=O) groups excluding carboxylic acids is 2. The molecule has 1 unspecified atom stereocenters. The number of aromatic nitrogens is 1. The van der Waals surface area contributed by atoms with Crippen molar-refractivity contribution in [3.8, 4) is 11.5 Å². The molecule has 0 saturated carbocycles. The first kappa shape index (κ1) is 37.1. The fourth-order valence-corrected chi connectivity index (χ4v) is 3.67. The Balaban J connectivity index is 0.000000942. The Morgan fingerprint density at radius 1 is 1.07 bits per heavy atom. The molecule has 0 aliphatic heterocycles. The van der Waals surface area contributed by atoms with Crippen molar-refractivity contribution in [2.75, 3.05) is 39.2 Å². The lowest BCUT2D eigenvalue weighted by Crippen LogP contribution is -2.45. The van der Waals surface area contributed by atoms with Gasteiger partial charge in [-0.2, -0.15) is 13.2 Å². The highest BCUT2D eigenvalue weighted by Crippen LogP contribution is 2.32. The lowest BCUT2D eigenvalue weighted by Gasteiger charge is -2.22. The predicted octanol–water partition coefficient (Wildman–Crippen LogP) is 3.61. The van der Waals surface area contributed by atoms with E-state index in [1.165, 1.54) is 18.5 Å². The summed E-state index contributed by atoms with van der Waals surface area (Å²) in [7, 11) is 3.91. The number of nitrogen functional groups attached to an aromatic ring is 1. The number of alkyl halides is 3. The topological polar surface area (TPSA) is 192 Å². The van der Waals surface area contributed by atoms with Crippen LogP contribution in [0.25, 0.3) is 0 Å². The van der Waals surface area contributed by atoms with Gasteiger partial charge in [-0.3, -0.25) is 30.8 Å². The van der Waals surface area contributed by atoms with Gasteiger partial charge in [-0.05, 0) is 69.0 Å². The number of ether oxygens (including phenoxy) is 2. The highest BCUT2D eigenvalue weighted by molar-refractivity contribution is 6.33. The Bertz CT molecular complexity index is 1510. The number of hydrogen-bond donors (Lipinski definition) is 6. The molecule has 248 valence electrons. The van der Waals surface area contributed by atoms with E-state index in [1.54, 1.807) is 42.5 Å². The van der Waals surface area contributed by atoms with Crippen LogP contribution < -0.4 is 31.4 Å². The minimum atomic E-state index is -5.08. The molecule has 13 nitrogen and oxygen atoms in total. The maximum absolute atomic E-state index is 13.4. The first-order valence-electron chi connectivity index (χ1n) is 13.4. The van der Waals surface area contributed by atoms with Gasteiger partial charge in [0.2, 0.25) is 0 Å². The van der Waals surface area contributed by atoms with Gasteiger partial charge in [0.05, 0.1) is 17.2 Å². The zero-order valence-electron chi connectivity index (χ0n) is 24.9. The number of nitrogens with zero attached hydrogens (tertiary/aromatic N) is 2. The number of nitrogens with two attached hydrogens (primary N) is 1. The zero-order valence-corrected chi connectivity index (χ0v) is 25.7. The van der Waals surface area contributed by atoms with Crippen molar-refractivity contribution >= 4 is 40.9 Å². The number of amides is 2. The second kappa shape index (κ2) is 17.4. The second-order valence-corrected chi connectivity index (χ2v) is 9.87. The molecule has 0 aliphatic rings. The van der Waals surface area contributed by atoms with Crippen LogP contribution in [0.15, 0.2) is 60.9 Å². The molecule has 0 saturated heterocycles. The molecule has 0 radical (unpaired) electrons. The molecule has 3 aromatic rings. The van der Waals surface area contributed by atoms with Gasteiger partial charge in [0.15, 0.2) is 11.5 Å². The fourth-order valence-electron chi connectivity index (χ4n) is 3.46. The van der Waals surface area contributed by atoms with Crippen LogP contribution in [0.5, 0.6) is 11.5 Å². The summed E-state index contributed by atoms with van der Waals surface area (Å²) in [6, 6.07) is 12.4. The molecule has 1 heterocycles. The van der Waals surface area contributed by atoms with Gasteiger partial charge >= 0.3 is 12.1 Å². The highest BCUT2D eigenvalue weighted by atomic mass is 35.5. The first-order chi connectivity index (χ1) is 21.6. The number of pyridine rings is 1. The molecule has 17 heteroatoms. The maximum Gasteiger partial charge on any atom is 0.490 e. The van der Waals surface area contributed by atoms with E-state index in [2.05, 4.69) is 21.2 Å². The average molecular weight is 668 g/mol. The monoisotopic (exact) mass is 667 g/mol. The highest BCUT2D eigenvalue weighted by Gasteiger charge is 2.38. The molecule has 2 aromatic carbocycles. The van der Waals surface area contributed by atoms with Crippen molar-refractivity contribution < 1.29 is 42.1 Å². The van der Waals surface area contributed by atoms with Gasteiger partial charge in [0.25, 0.3) is 11.8 Å². The molecular formula is C29H33ClF3N7O6. The summed E-state index contributed by atoms with van der Waals surface area (Å²) in [6.07, 6.45) is -2.32. The number of nitrogens with one attached hydrogen (secondary N) is 4. The van der Waals surface area contributed by atoms with Crippen LogP contribution in [-0.4, -0.2) is 78.6 Å². The number of hydrazine groups is 1. The summed E-state index contributed by atoms with van der Waals surface area (Å²) in [5.74, 6) is -2.94. The van der Waals surface area contributed by atoms with Gasteiger partial charge in [-0.1, -0.05) is 17.7 Å². The number of rotatable bonds is 12. The Hall–Kier alpha value is -5.09. The predicted molar refractivity (Wildman–Crippen MR) is 164 cm³/mol. The summed E-state index contributed by atoms with van der Waals surface area (Å²) in [5, 5.41) is 18.0. The fraction of sp³-hybridized carbons (Fsp3) is 0.276. The number of hydrogen-bond acceptors (Lipinski definition) is 9. The minimum Gasteiger partial charge on any atom is -0.490 e. The molecule has 0 aliphatic carbocycles. The summed E-state index contributed by atoms with van der Waals surface area (Å²) in [4.78, 5) is 40.7. The number of likely N-dealkylation sites (N-methyl/N-ethyl adjacent to an activating group) is 1. The standard InChI is InChI=1S/C27H32ClN7O4.C2HF3O2/c1-4-38-23-15-18(7-10-22(23)39-14-13-35(2)3)24(32-19-8-5-17(6-9-19)25(29)30)27(37)34-33-26(36)20-11-12-31-16-21(20)28;3-2(4,5)1(6)7/h5-12,15-16,24,32H,4,13-14H2,1-3H3,(H3,29,30)(H,33,36)(H,34,37);(H,6,7). The van der Waals surface area contributed by atoms with Crippen LogP contribution in [0, 0.1) is 5.41 Å². The van der Waals surface area contributed by atoms with E-state index in [9.17, 15) is 22.8 Å². The molecule has 1 atom stereocenters. The summed E-state index contributed by atoms with van der Waals surface area (Å²) < 4.78 is 43.4. The summed E-state index contributed by atoms with van der Waals surface area (Å²) >= 11 is 6.05. The molecule has 0 bridgehead atoms. The van der Waals surface area contributed by atoms with E-state index in [4.69, 9.17) is 42.1 Å². The second-order valence-electron chi connectivity index (χ2n) is 9.46. The number of benzene rings is 2. The van der Waals surface area contributed by atoms with Crippen LogP contribution >= 0.6 is 11.6 Å². The quantitative estimate of drug-likeness (QED) is 0.0945. The maximum atomic E-state index is 13.4. The number of amidine groups is 1. The van der Waals surface area contributed by atoms with E-state index >= 15 is 0 Å². The molecule has 46 heavy (non-hydrogen) atoms. The average Bonchev–Trinajstić information content (AvgIpc) is 2.99. The smallest absolute Gasteiger partial charge is 0.490 e. The molecule has 0 spiro atoms. The first-order valence-corrected chi connectivity index (χ1v) is 13.8. The van der Waals surface area contributed by atoms with Crippen molar-refractivity contribution in [1.29, 1.82) is 5.41 Å². The number of carboxylic acid groups (broad SMARTS) is 1. The Morgan fingerprint density at radius 3 is 2.26 bits per heavy atom. The number of anilines is 1. The van der Waals surface area contributed by atoms with Crippen molar-refractivity contribution in [1.82, 2.24) is 20.7 Å². The Kier molecular flexibility index (Phi) is 14.0. The number of halogens is 4. The van der Waals surface area contributed by atoms with Gasteiger partial charge in [-0.15, -0.1) is 0 Å². The minimum absolute atomic E-state index is 0.0699. The van der Waals surface area contributed by atoms with E-state index in [0.717, 1.165) is 6.54 Å². The molecular weight excluding hydrogens is 635 g/mol. The zero-order chi connectivity index (χ0) is 34.4. The van der Waals surface area contributed by atoms with Crippen molar-refractivity contribution in [2.45, 2.75) is 19.1 Å². The Morgan fingerprint density at radius 2 is 1.72 bits per heavy atom. The molecule has 0 fully saturated rings. The number of carboxylic acids is 1. The molecule has 1 aromatic heterocycles. The van der Waals surface area contributed by atoms with Crippen LogP contribution in [0.1, 0.15) is 34.5 Å². The van der Waals surface area contributed by atoms with E-state index in [1.807, 2.05) is 25.9 Å². The van der Waals surface area contributed by atoms with Crippen LogP contribution in [0.4, 0.5) is 18.9 Å². The normalized spacial score (nSPS) is 11.4. The summed E-state index contributed by atoms with van der Waals surface area (Å²) in [5.41, 5.74) is 12.3. The number of carbonyl (C=O) groups is 3. The van der Waals surface area contributed by atoms with Gasteiger partial charge in [-0.25, -0.2) is 4.79 Å². The molecule has 3 rings (SSSR count). The van der Waals surface area contributed by atoms with E-state index in [0.29, 0.717) is 41.5 Å². The number of aliphatic carboxylic acids is 1. The molecule has 2 amide bonds. The third-order valence-corrected chi connectivity index (χ3v) is 6.03. The lowest BCUT2D eigenvalue weighted by atomic mass is 10.0.